The molecule has 0 saturated carbocycles. The van der Waals surface area contributed by atoms with E-state index < -0.39 is 0 Å². The second kappa shape index (κ2) is 5.57. The number of piperazine rings is 1. The summed E-state index contributed by atoms with van der Waals surface area (Å²) >= 11 is 0. The fourth-order valence-corrected chi connectivity index (χ4v) is 2.37. The molecule has 0 spiro atoms. The number of aromatic nitrogens is 2. The van der Waals surface area contributed by atoms with Crippen LogP contribution in [-0.4, -0.2) is 36.1 Å². The lowest BCUT2D eigenvalue weighted by Gasteiger charge is -2.36. The first kappa shape index (κ1) is 12.4. The highest BCUT2D eigenvalue weighted by molar-refractivity contribution is 5.48. The molecule has 0 atom stereocenters. The van der Waals surface area contributed by atoms with Crippen molar-refractivity contribution in [3.8, 4) is 6.07 Å². The van der Waals surface area contributed by atoms with Gasteiger partial charge in [0.2, 0.25) is 5.95 Å². The van der Waals surface area contributed by atoms with Crippen LogP contribution in [0.15, 0.2) is 42.6 Å². The van der Waals surface area contributed by atoms with Gasteiger partial charge in [-0.1, -0.05) is 18.2 Å². The van der Waals surface area contributed by atoms with E-state index in [9.17, 15) is 0 Å². The van der Waals surface area contributed by atoms with Crippen LogP contribution in [0.2, 0.25) is 0 Å². The van der Waals surface area contributed by atoms with E-state index in [0.717, 1.165) is 26.2 Å². The molecule has 0 unspecified atom stereocenters. The number of nitriles is 1. The Morgan fingerprint density at radius 3 is 2.35 bits per heavy atom. The SMILES string of the molecule is N#Cc1ccnc(N2CCN(c3ccccc3)CC2)n1. The van der Waals surface area contributed by atoms with E-state index in [1.54, 1.807) is 12.3 Å². The Labute approximate surface area is 118 Å². The minimum Gasteiger partial charge on any atom is -0.368 e. The zero-order chi connectivity index (χ0) is 13.8. The number of nitrogens with zero attached hydrogens (tertiary/aromatic N) is 5. The van der Waals surface area contributed by atoms with Crippen molar-refractivity contribution in [3.63, 3.8) is 0 Å². The predicted octanol–water partition coefficient (Wildman–Crippen LogP) is 1.67. The molecule has 20 heavy (non-hydrogen) atoms. The van der Waals surface area contributed by atoms with Gasteiger partial charge in [-0.15, -0.1) is 0 Å². The maximum atomic E-state index is 8.88. The largest absolute Gasteiger partial charge is 0.368 e. The highest BCUT2D eigenvalue weighted by Gasteiger charge is 2.19. The van der Waals surface area contributed by atoms with E-state index in [1.165, 1.54) is 5.69 Å². The van der Waals surface area contributed by atoms with Crippen LogP contribution in [0.3, 0.4) is 0 Å². The van der Waals surface area contributed by atoms with Crippen LogP contribution in [0.1, 0.15) is 5.69 Å². The first-order valence-electron chi connectivity index (χ1n) is 6.65. The zero-order valence-corrected chi connectivity index (χ0v) is 11.1. The number of anilines is 2. The summed E-state index contributed by atoms with van der Waals surface area (Å²) < 4.78 is 0. The summed E-state index contributed by atoms with van der Waals surface area (Å²) in [5, 5.41) is 8.88. The van der Waals surface area contributed by atoms with Gasteiger partial charge in [0.05, 0.1) is 0 Å². The molecule has 5 heteroatoms. The summed E-state index contributed by atoms with van der Waals surface area (Å²) in [6, 6.07) is 14.1. The third-order valence-electron chi connectivity index (χ3n) is 3.44. The summed E-state index contributed by atoms with van der Waals surface area (Å²) in [6.45, 7) is 3.60. The third-order valence-corrected chi connectivity index (χ3v) is 3.44. The van der Waals surface area contributed by atoms with E-state index >= 15 is 0 Å². The summed E-state index contributed by atoms with van der Waals surface area (Å²) in [4.78, 5) is 13.0. The van der Waals surface area contributed by atoms with E-state index in [2.05, 4.69) is 50.1 Å². The van der Waals surface area contributed by atoms with Gasteiger partial charge in [-0.25, -0.2) is 9.97 Å². The minimum absolute atomic E-state index is 0.417. The minimum atomic E-state index is 0.417. The van der Waals surface area contributed by atoms with Crippen molar-refractivity contribution < 1.29 is 0 Å². The van der Waals surface area contributed by atoms with E-state index in [1.807, 2.05) is 6.07 Å². The molecular weight excluding hydrogens is 250 g/mol. The molecule has 0 amide bonds. The van der Waals surface area contributed by atoms with Crippen molar-refractivity contribution in [2.75, 3.05) is 36.0 Å². The molecule has 1 aliphatic rings. The molecule has 1 aliphatic heterocycles. The monoisotopic (exact) mass is 265 g/mol. The topological polar surface area (TPSA) is 56.1 Å². The van der Waals surface area contributed by atoms with Gasteiger partial charge >= 0.3 is 0 Å². The van der Waals surface area contributed by atoms with Crippen LogP contribution < -0.4 is 9.80 Å². The van der Waals surface area contributed by atoms with Crippen molar-refractivity contribution in [3.05, 3.63) is 48.3 Å². The number of hydrogen-bond donors (Lipinski definition) is 0. The van der Waals surface area contributed by atoms with Crippen molar-refractivity contribution in [1.82, 2.24) is 9.97 Å². The molecule has 1 saturated heterocycles. The second-order valence-electron chi connectivity index (χ2n) is 4.66. The summed E-state index contributed by atoms with van der Waals surface area (Å²) in [5.74, 6) is 0.650. The Morgan fingerprint density at radius 2 is 1.65 bits per heavy atom. The fraction of sp³-hybridized carbons (Fsp3) is 0.267. The van der Waals surface area contributed by atoms with Crippen LogP contribution in [-0.2, 0) is 0 Å². The van der Waals surface area contributed by atoms with Gasteiger partial charge in [0, 0.05) is 38.1 Å². The van der Waals surface area contributed by atoms with Gasteiger partial charge in [-0.3, -0.25) is 0 Å². The Hall–Kier alpha value is -2.61. The van der Waals surface area contributed by atoms with Crippen molar-refractivity contribution in [2.45, 2.75) is 0 Å². The summed E-state index contributed by atoms with van der Waals surface area (Å²) in [5.41, 5.74) is 1.67. The predicted molar refractivity (Wildman–Crippen MR) is 77.6 cm³/mol. The first-order valence-corrected chi connectivity index (χ1v) is 6.65. The molecule has 0 radical (unpaired) electrons. The first-order chi connectivity index (χ1) is 9.86. The quantitative estimate of drug-likeness (QED) is 0.826. The van der Waals surface area contributed by atoms with Gasteiger partial charge in [0.15, 0.2) is 0 Å². The average molecular weight is 265 g/mol. The normalized spacial score (nSPS) is 14.9. The van der Waals surface area contributed by atoms with Gasteiger partial charge < -0.3 is 9.80 Å². The number of hydrogen-bond acceptors (Lipinski definition) is 5. The maximum absolute atomic E-state index is 8.88. The molecule has 5 nitrogen and oxygen atoms in total. The second-order valence-corrected chi connectivity index (χ2v) is 4.66. The average Bonchev–Trinajstić information content (AvgIpc) is 2.56. The smallest absolute Gasteiger partial charge is 0.226 e. The fourth-order valence-electron chi connectivity index (χ4n) is 2.37. The molecule has 0 N–H and O–H groups in total. The van der Waals surface area contributed by atoms with Crippen LogP contribution >= 0.6 is 0 Å². The molecule has 100 valence electrons. The molecule has 1 fully saturated rings. The van der Waals surface area contributed by atoms with E-state index in [4.69, 9.17) is 5.26 Å². The van der Waals surface area contributed by atoms with Crippen LogP contribution in [0.25, 0.3) is 0 Å². The maximum Gasteiger partial charge on any atom is 0.226 e. The Bertz CT molecular complexity index is 612. The Morgan fingerprint density at radius 1 is 0.950 bits per heavy atom. The summed E-state index contributed by atoms with van der Waals surface area (Å²) in [7, 11) is 0. The number of benzene rings is 1. The third kappa shape index (κ3) is 2.54. The van der Waals surface area contributed by atoms with Gasteiger partial charge in [0.1, 0.15) is 11.8 Å². The van der Waals surface area contributed by atoms with Crippen LogP contribution in [0.5, 0.6) is 0 Å². The van der Waals surface area contributed by atoms with Gasteiger partial charge in [-0.05, 0) is 18.2 Å². The lowest BCUT2D eigenvalue weighted by atomic mass is 10.2. The lowest BCUT2D eigenvalue weighted by molar-refractivity contribution is 0.639. The Kier molecular flexibility index (Phi) is 3.46. The molecule has 3 rings (SSSR count). The van der Waals surface area contributed by atoms with E-state index in [0.29, 0.717) is 11.6 Å². The lowest BCUT2D eigenvalue weighted by Crippen LogP contribution is -2.47. The number of para-hydroxylation sites is 1. The van der Waals surface area contributed by atoms with Crippen molar-refractivity contribution in [2.24, 2.45) is 0 Å². The Balaban J connectivity index is 1.68. The van der Waals surface area contributed by atoms with Crippen LogP contribution in [0, 0.1) is 11.3 Å². The molecule has 1 aromatic heterocycles. The van der Waals surface area contributed by atoms with E-state index in [-0.39, 0.29) is 0 Å². The molecule has 0 bridgehead atoms. The molecule has 2 aromatic rings. The molecule has 1 aromatic carbocycles. The standard InChI is InChI=1S/C15H15N5/c16-12-13-6-7-17-15(18-13)20-10-8-19(9-11-20)14-4-2-1-3-5-14/h1-7H,8-11H2. The van der Waals surface area contributed by atoms with Crippen LogP contribution in [0.4, 0.5) is 11.6 Å². The van der Waals surface area contributed by atoms with Gasteiger partial charge in [-0.2, -0.15) is 5.26 Å². The molecule has 0 aliphatic carbocycles. The number of rotatable bonds is 2. The molecular formula is C15H15N5. The van der Waals surface area contributed by atoms with Gasteiger partial charge in [0.25, 0.3) is 0 Å². The molecule has 2 heterocycles. The van der Waals surface area contributed by atoms with Crippen molar-refractivity contribution in [1.29, 1.82) is 5.26 Å². The summed E-state index contributed by atoms with van der Waals surface area (Å²) in [6.07, 6.45) is 1.64. The highest BCUT2D eigenvalue weighted by atomic mass is 15.3. The highest BCUT2D eigenvalue weighted by Crippen LogP contribution is 2.17. The zero-order valence-electron chi connectivity index (χ0n) is 11.1. The van der Waals surface area contributed by atoms with Crippen molar-refractivity contribution >= 4 is 11.6 Å².